The minimum absolute atomic E-state index is 0.0990. The van der Waals surface area contributed by atoms with Crippen LogP contribution in [-0.4, -0.2) is 72.4 Å². The van der Waals surface area contributed by atoms with E-state index in [4.69, 9.17) is 37.7 Å². The zero-order chi connectivity index (χ0) is 32.8. The van der Waals surface area contributed by atoms with Crippen LogP contribution in [0.1, 0.15) is 30.9 Å². The summed E-state index contributed by atoms with van der Waals surface area (Å²) in [7, 11) is 5.19. The molecule has 3 N–H and O–H groups in total. The fraction of sp³-hybridized carbons (Fsp3) is 0.343. The van der Waals surface area contributed by atoms with Crippen LogP contribution >= 0.6 is 23.2 Å². The highest BCUT2D eigenvalue weighted by atomic mass is 35.5. The van der Waals surface area contributed by atoms with Crippen LogP contribution in [0.15, 0.2) is 60.8 Å². The molecule has 46 heavy (non-hydrogen) atoms. The number of halogens is 2. The third kappa shape index (κ3) is 7.79. The van der Waals surface area contributed by atoms with E-state index in [-0.39, 0.29) is 11.9 Å². The van der Waals surface area contributed by atoms with Crippen molar-refractivity contribution in [1.82, 2.24) is 25.5 Å². The molecule has 2 aromatic carbocycles. The summed E-state index contributed by atoms with van der Waals surface area (Å²) in [5, 5.41) is 17.1. The number of aliphatic hydroxyl groups is 1. The van der Waals surface area contributed by atoms with Gasteiger partial charge >= 0.3 is 0 Å². The summed E-state index contributed by atoms with van der Waals surface area (Å²) in [6, 6.07) is 17.6. The molecule has 3 heterocycles. The highest BCUT2D eigenvalue weighted by Gasteiger charge is 2.21. The Labute approximate surface area is 279 Å². The van der Waals surface area contributed by atoms with Gasteiger partial charge in [-0.05, 0) is 38.6 Å². The maximum atomic E-state index is 11.5. The van der Waals surface area contributed by atoms with E-state index < -0.39 is 6.10 Å². The number of likely N-dealkylation sites (N-methyl/N-ethyl adjacent to an activating group) is 1. The van der Waals surface area contributed by atoms with Gasteiger partial charge in [0.15, 0.2) is 0 Å². The summed E-state index contributed by atoms with van der Waals surface area (Å²) < 4.78 is 11.3. The molecule has 1 saturated heterocycles. The number of nitrogens with zero attached hydrogens (tertiary/aromatic N) is 3. The molecule has 1 amide bonds. The molecule has 4 aromatic rings. The average molecular weight is 665 g/mol. The Balaban J connectivity index is 1.40. The molecule has 0 spiro atoms. The van der Waals surface area contributed by atoms with Crippen molar-refractivity contribution in [3.63, 3.8) is 0 Å². The fourth-order valence-corrected chi connectivity index (χ4v) is 6.41. The molecule has 0 radical (unpaired) electrons. The van der Waals surface area contributed by atoms with Crippen molar-refractivity contribution in [3.8, 4) is 45.3 Å². The number of carbonyl (C=O) groups is 1. The highest BCUT2D eigenvalue weighted by molar-refractivity contribution is 6.39. The summed E-state index contributed by atoms with van der Waals surface area (Å²) >= 11 is 14.1. The minimum atomic E-state index is -0.426. The second kappa shape index (κ2) is 15.2. The zero-order valence-corrected chi connectivity index (χ0v) is 28.0. The van der Waals surface area contributed by atoms with Crippen molar-refractivity contribution in [2.45, 2.75) is 45.0 Å². The molecule has 1 aliphatic heterocycles. The minimum Gasteiger partial charge on any atom is -0.496 e. The van der Waals surface area contributed by atoms with Crippen LogP contribution in [0, 0.1) is 0 Å². The van der Waals surface area contributed by atoms with Gasteiger partial charge in [0.25, 0.3) is 0 Å². The van der Waals surface area contributed by atoms with Gasteiger partial charge in [-0.3, -0.25) is 14.7 Å². The van der Waals surface area contributed by atoms with Gasteiger partial charge in [-0.2, -0.15) is 0 Å². The molecule has 11 heteroatoms. The first-order valence-corrected chi connectivity index (χ1v) is 16.0. The third-order valence-corrected chi connectivity index (χ3v) is 8.74. The van der Waals surface area contributed by atoms with Gasteiger partial charge < -0.3 is 25.2 Å². The molecule has 0 aliphatic carbocycles. The van der Waals surface area contributed by atoms with Crippen LogP contribution in [-0.2, 0) is 17.9 Å². The maximum Gasteiger partial charge on any atom is 0.220 e. The predicted molar refractivity (Wildman–Crippen MR) is 182 cm³/mol. The van der Waals surface area contributed by atoms with Crippen LogP contribution in [0.3, 0.4) is 0 Å². The van der Waals surface area contributed by atoms with E-state index in [0.717, 1.165) is 39.8 Å². The number of methoxy groups -OCH3 is 2. The number of aromatic nitrogens is 2. The molecule has 9 nitrogen and oxygen atoms in total. The Bertz CT molecular complexity index is 1700. The number of pyridine rings is 2. The number of aliphatic hydroxyl groups excluding tert-OH is 1. The van der Waals surface area contributed by atoms with Gasteiger partial charge in [0.05, 0.1) is 41.8 Å². The van der Waals surface area contributed by atoms with Crippen LogP contribution in [0.25, 0.3) is 33.6 Å². The lowest BCUT2D eigenvalue weighted by molar-refractivity contribution is -0.119. The summed E-state index contributed by atoms with van der Waals surface area (Å²) in [6.45, 7) is 4.16. The van der Waals surface area contributed by atoms with E-state index >= 15 is 0 Å². The van der Waals surface area contributed by atoms with Crippen LogP contribution < -0.4 is 20.1 Å². The highest BCUT2D eigenvalue weighted by Crippen LogP contribution is 2.42. The topological polar surface area (TPSA) is 109 Å². The fourth-order valence-electron chi connectivity index (χ4n) is 5.76. The van der Waals surface area contributed by atoms with Crippen molar-refractivity contribution in [2.24, 2.45) is 0 Å². The number of hydrogen-bond acceptors (Lipinski definition) is 8. The van der Waals surface area contributed by atoms with Crippen molar-refractivity contribution in [1.29, 1.82) is 0 Å². The Morgan fingerprint density at radius 3 is 2.52 bits per heavy atom. The lowest BCUT2D eigenvalue weighted by Crippen LogP contribution is -2.35. The Kier molecular flexibility index (Phi) is 11.1. The molecular weight excluding hydrogens is 625 g/mol. The van der Waals surface area contributed by atoms with E-state index in [2.05, 4.69) is 15.6 Å². The molecule has 1 fully saturated rings. The first-order chi connectivity index (χ1) is 22.2. The number of carbonyl (C=O) groups excluding carboxylic acids is 1. The Hall–Kier alpha value is -3.73. The second-order valence-corrected chi connectivity index (χ2v) is 12.3. The molecule has 2 atom stereocenters. The third-order valence-electron chi connectivity index (χ3n) is 7.95. The summed E-state index contributed by atoms with van der Waals surface area (Å²) in [4.78, 5) is 22.9. The quantitative estimate of drug-likeness (QED) is 0.160. The molecule has 0 saturated carbocycles. The summed E-state index contributed by atoms with van der Waals surface area (Å²) in [5.74, 6) is 1.31. The summed E-state index contributed by atoms with van der Waals surface area (Å²) in [6.07, 6.45) is 2.70. The largest absolute Gasteiger partial charge is 0.496 e. The Morgan fingerprint density at radius 1 is 1.04 bits per heavy atom. The number of ether oxygens (including phenoxy) is 2. The lowest BCUT2D eigenvalue weighted by atomic mass is 9.99. The average Bonchev–Trinajstić information content (AvgIpc) is 3.46. The van der Waals surface area contributed by atoms with E-state index in [0.29, 0.717) is 65.7 Å². The van der Waals surface area contributed by atoms with Gasteiger partial charge in [0.2, 0.25) is 11.8 Å². The van der Waals surface area contributed by atoms with E-state index in [1.54, 1.807) is 27.3 Å². The van der Waals surface area contributed by atoms with Gasteiger partial charge in [-0.1, -0.05) is 59.6 Å². The number of hydrogen-bond donors (Lipinski definition) is 3. The van der Waals surface area contributed by atoms with Crippen molar-refractivity contribution >= 4 is 29.1 Å². The lowest BCUT2D eigenvalue weighted by Gasteiger charge is -2.20. The monoisotopic (exact) mass is 663 g/mol. The maximum absolute atomic E-state index is 11.5. The zero-order valence-electron chi connectivity index (χ0n) is 26.4. The van der Waals surface area contributed by atoms with Gasteiger partial charge in [0.1, 0.15) is 5.75 Å². The normalized spacial score (nSPS) is 15.2. The van der Waals surface area contributed by atoms with Crippen molar-refractivity contribution < 1.29 is 19.4 Å². The van der Waals surface area contributed by atoms with Gasteiger partial charge in [-0.25, -0.2) is 4.98 Å². The molecule has 1 aliphatic rings. The number of amides is 1. The van der Waals surface area contributed by atoms with Crippen molar-refractivity contribution in [2.75, 3.05) is 34.4 Å². The predicted octanol–water partition coefficient (Wildman–Crippen LogP) is 5.98. The number of benzene rings is 2. The van der Waals surface area contributed by atoms with E-state index in [1.165, 1.54) is 0 Å². The molecular formula is C35H39Cl2N5O4. The van der Waals surface area contributed by atoms with Crippen molar-refractivity contribution in [3.05, 3.63) is 82.0 Å². The molecule has 0 unspecified atom stereocenters. The molecule has 5 rings (SSSR count). The van der Waals surface area contributed by atoms with Crippen LogP contribution in [0.4, 0.5) is 0 Å². The van der Waals surface area contributed by atoms with E-state index in [1.807, 2.05) is 66.5 Å². The standard InChI is InChI=1S/C35H39Cl2N5O4/c1-21(43)19-42(2)20-24-9-8-22(16-30(24)45-3)34-33(37)27(14-15-39-34)26-6-5-7-28(32(26)36)29-12-10-23(35(41-29)46-4)17-38-18-25-11-13-31(44)40-25/h5-10,12,14-16,21,25,38,43H,11,13,17-20H2,1-4H3,(H,40,44)/t21-,25+/m0/s1. The number of rotatable bonds is 13. The van der Waals surface area contributed by atoms with Crippen LogP contribution in [0.5, 0.6) is 11.6 Å². The molecule has 0 bridgehead atoms. The Morgan fingerprint density at radius 2 is 1.80 bits per heavy atom. The number of nitrogens with one attached hydrogen (secondary N) is 2. The second-order valence-electron chi connectivity index (χ2n) is 11.6. The van der Waals surface area contributed by atoms with Crippen LogP contribution in [0.2, 0.25) is 10.0 Å². The summed E-state index contributed by atoms with van der Waals surface area (Å²) in [5.41, 5.74) is 6.21. The smallest absolute Gasteiger partial charge is 0.220 e. The first kappa shape index (κ1) is 33.6. The van der Waals surface area contributed by atoms with E-state index in [9.17, 15) is 9.90 Å². The van der Waals surface area contributed by atoms with Gasteiger partial charge in [-0.15, -0.1) is 0 Å². The molecule has 2 aromatic heterocycles. The SMILES string of the molecule is COc1cc(-c2nccc(-c3cccc(-c4ccc(CNC[C@H]5CCC(=O)N5)c(OC)n4)c3Cl)c2Cl)ccc1CN(C)C[C@H](C)O. The molecule has 242 valence electrons. The van der Waals surface area contributed by atoms with Gasteiger partial charge in [0, 0.05) is 78.2 Å². The first-order valence-electron chi connectivity index (χ1n) is 15.2.